The van der Waals surface area contributed by atoms with Crippen LogP contribution in [0, 0.1) is 0 Å². The van der Waals surface area contributed by atoms with Gasteiger partial charge in [-0.15, -0.1) is 0 Å². The standard InChI is InChI=1S/C11H19N3/c1-4-10-9(7-8(2)13-10)11-5-6-12-14(11)3/h5-6,8-10,13H,4,7H2,1-3H3. The molecule has 0 aromatic carbocycles. The van der Waals surface area contributed by atoms with E-state index < -0.39 is 0 Å². The molecule has 3 nitrogen and oxygen atoms in total. The number of nitrogens with zero attached hydrogens (tertiary/aromatic N) is 2. The lowest BCUT2D eigenvalue weighted by atomic mass is 9.94. The summed E-state index contributed by atoms with van der Waals surface area (Å²) in [7, 11) is 2.03. The topological polar surface area (TPSA) is 29.9 Å². The monoisotopic (exact) mass is 193 g/mol. The molecule has 1 saturated heterocycles. The van der Waals surface area contributed by atoms with Crippen LogP contribution < -0.4 is 5.32 Å². The highest BCUT2D eigenvalue weighted by Gasteiger charge is 2.32. The van der Waals surface area contributed by atoms with Crippen molar-refractivity contribution in [3.05, 3.63) is 18.0 Å². The third-order valence-electron chi connectivity index (χ3n) is 3.27. The van der Waals surface area contributed by atoms with Gasteiger partial charge in [-0.05, 0) is 25.8 Å². The van der Waals surface area contributed by atoms with Crippen LogP contribution in [0.1, 0.15) is 38.3 Å². The van der Waals surface area contributed by atoms with Crippen LogP contribution in [0.25, 0.3) is 0 Å². The van der Waals surface area contributed by atoms with Gasteiger partial charge in [-0.2, -0.15) is 5.10 Å². The van der Waals surface area contributed by atoms with Crippen molar-refractivity contribution in [1.82, 2.24) is 15.1 Å². The summed E-state index contributed by atoms with van der Waals surface area (Å²) in [5, 5.41) is 7.87. The van der Waals surface area contributed by atoms with Gasteiger partial charge in [-0.3, -0.25) is 4.68 Å². The van der Waals surface area contributed by atoms with Gasteiger partial charge in [0, 0.05) is 36.9 Å². The van der Waals surface area contributed by atoms with E-state index in [2.05, 4.69) is 30.3 Å². The normalized spacial score (nSPS) is 32.4. The van der Waals surface area contributed by atoms with E-state index >= 15 is 0 Å². The van der Waals surface area contributed by atoms with Gasteiger partial charge >= 0.3 is 0 Å². The molecule has 0 aliphatic carbocycles. The van der Waals surface area contributed by atoms with Crippen molar-refractivity contribution in [2.75, 3.05) is 0 Å². The van der Waals surface area contributed by atoms with Gasteiger partial charge in [0.25, 0.3) is 0 Å². The molecule has 0 radical (unpaired) electrons. The van der Waals surface area contributed by atoms with Gasteiger partial charge < -0.3 is 5.32 Å². The van der Waals surface area contributed by atoms with Crippen LogP contribution in [0.2, 0.25) is 0 Å². The predicted molar refractivity (Wildman–Crippen MR) is 57.2 cm³/mol. The second-order valence-electron chi connectivity index (χ2n) is 4.30. The summed E-state index contributed by atoms with van der Waals surface area (Å²) in [6, 6.07) is 3.41. The SMILES string of the molecule is CCC1NC(C)CC1c1ccnn1C. The van der Waals surface area contributed by atoms with Crippen LogP contribution in [0.4, 0.5) is 0 Å². The third kappa shape index (κ3) is 1.57. The smallest absolute Gasteiger partial charge is 0.0492 e. The molecule has 0 bridgehead atoms. The molecular weight excluding hydrogens is 174 g/mol. The minimum Gasteiger partial charge on any atom is -0.311 e. The first-order valence-corrected chi connectivity index (χ1v) is 5.46. The summed E-state index contributed by atoms with van der Waals surface area (Å²) in [5.41, 5.74) is 1.37. The van der Waals surface area contributed by atoms with E-state index in [1.54, 1.807) is 0 Å². The van der Waals surface area contributed by atoms with Crippen molar-refractivity contribution in [1.29, 1.82) is 0 Å². The van der Waals surface area contributed by atoms with Crippen molar-refractivity contribution in [3.8, 4) is 0 Å². The molecule has 0 spiro atoms. The molecule has 3 heteroatoms. The highest BCUT2D eigenvalue weighted by atomic mass is 15.3. The number of aryl methyl sites for hydroxylation is 1. The molecule has 14 heavy (non-hydrogen) atoms. The molecule has 1 fully saturated rings. The van der Waals surface area contributed by atoms with E-state index in [0.29, 0.717) is 18.0 Å². The van der Waals surface area contributed by atoms with Gasteiger partial charge in [-0.1, -0.05) is 6.92 Å². The summed E-state index contributed by atoms with van der Waals surface area (Å²) in [5.74, 6) is 0.641. The zero-order valence-electron chi connectivity index (χ0n) is 9.20. The van der Waals surface area contributed by atoms with E-state index in [1.807, 2.05) is 17.9 Å². The minimum atomic E-state index is 0.625. The molecule has 2 rings (SSSR count). The van der Waals surface area contributed by atoms with Gasteiger partial charge in [-0.25, -0.2) is 0 Å². The number of aromatic nitrogens is 2. The Kier molecular flexibility index (Phi) is 2.59. The van der Waals surface area contributed by atoms with E-state index in [9.17, 15) is 0 Å². The lowest BCUT2D eigenvalue weighted by molar-refractivity contribution is 0.497. The van der Waals surface area contributed by atoms with Crippen LogP contribution in [-0.4, -0.2) is 21.9 Å². The molecule has 0 amide bonds. The van der Waals surface area contributed by atoms with Crippen molar-refractivity contribution in [2.24, 2.45) is 7.05 Å². The minimum absolute atomic E-state index is 0.625. The molecule has 1 aromatic rings. The quantitative estimate of drug-likeness (QED) is 0.774. The van der Waals surface area contributed by atoms with Crippen LogP contribution in [-0.2, 0) is 7.05 Å². The van der Waals surface area contributed by atoms with Crippen LogP contribution in [0.3, 0.4) is 0 Å². The fraction of sp³-hybridized carbons (Fsp3) is 0.727. The molecule has 1 aliphatic heterocycles. The maximum absolute atomic E-state index is 4.24. The van der Waals surface area contributed by atoms with Gasteiger partial charge in [0.2, 0.25) is 0 Å². The molecule has 78 valence electrons. The van der Waals surface area contributed by atoms with E-state index in [-0.39, 0.29) is 0 Å². The average Bonchev–Trinajstić information content (AvgIpc) is 2.71. The molecule has 1 aromatic heterocycles. The van der Waals surface area contributed by atoms with E-state index in [4.69, 9.17) is 0 Å². The maximum Gasteiger partial charge on any atom is 0.0492 e. The summed E-state index contributed by atoms with van der Waals surface area (Å²) in [4.78, 5) is 0. The first kappa shape index (κ1) is 9.71. The molecule has 1 N–H and O–H groups in total. The van der Waals surface area contributed by atoms with Crippen molar-refractivity contribution in [2.45, 2.75) is 44.7 Å². The number of hydrogen-bond donors (Lipinski definition) is 1. The van der Waals surface area contributed by atoms with Gasteiger partial charge in [0.15, 0.2) is 0 Å². The molecule has 0 saturated carbocycles. The summed E-state index contributed by atoms with van der Waals surface area (Å²) in [6.45, 7) is 4.51. The molecule has 3 unspecified atom stereocenters. The lowest BCUT2D eigenvalue weighted by Gasteiger charge is -2.17. The summed E-state index contributed by atoms with van der Waals surface area (Å²) >= 11 is 0. The fourth-order valence-electron chi connectivity index (χ4n) is 2.57. The van der Waals surface area contributed by atoms with Gasteiger partial charge in [0.1, 0.15) is 0 Å². The maximum atomic E-state index is 4.24. The Balaban J connectivity index is 2.21. The Morgan fingerprint density at radius 1 is 1.64 bits per heavy atom. The summed E-state index contributed by atoms with van der Waals surface area (Å²) < 4.78 is 2.01. The Morgan fingerprint density at radius 3 is 3.00 bits per heavy atom. The molecular formula is C11H19N3. The van der Waals surface area contributed by atoms with Crippen LogP contribution in [0.15, 0.2) is 12.3 Å². The van der Waals surface area contributed by atoms with Crippen molar-refractivity contribution in [3.63, 3.8) is 0 Å². The first-order valence-electron chi connectivity index (χ1n) is 5.46. The summed E-state index contributed by atoms with van der Waals surface area (Å²) in [6.07, 6.45) is 4.32. The Hall–Kier alpha value is -0.830. The Morgan fingerprint density at radius 2 is 2.43 bits per heavy atom. The largest absolute Gasteiger partial charge is 0.311 e. The zero-order valence-corrected chi connectivity index (χ0v) is 9.20. The number of hydrogen-bond acceptors (Lipinski definition) is 2. The Labute approximate surface area is 85.5 Å². The second kappa shape index (κ2) is 3.73. The highest BCUT2D eigenvalue weighted by Crippen LogP contribution is 2.31. The molecule has 2 heterocycles. The van der Waals surface area contributed by atoms with E-state index in [1.165, 1.54) is 18.5 Å². The zero-order chi connectivity index (χ0) is 10.1. The highest BCUT2D eigenvalue weighted by molar-refractivity contribution is 5.14. The second-order valence-corrected chi connectivity index (χ2v) is 4.30. The predicted octanol–water partition coefficient (Wildman–Crippen LogP) is 1.66. The van der Waals surface area contributed by atoms with E-state index in [0.717, 1.165) is 0 Å². The van der Waals surface area contributed by atoms with Crippen molar-refractivity contribution >= 4 is 0 Å². The third-order valence-corrected chi connectivity index (χ3v) is 3.27. The fourth-order valence-corrected chi connectivity index (χ4v) is 2.57. The average molecular weight is 193 g/mol. The van der Waals surface area contributed by atoms with Crippen LogP contribution in [0.5, 0.6) is 0 Å². The first-order chi connectivity index (χ1) is 6.72. The molecule has 3 atom stereocenters. The number of nitrogens with one attached hydrogen (secondary N) is 1. The molecule has 1 aliphatic rings. The Bertz CT molecular complexity index is 305. The lowest BCUT2D eigenvalue weighted by Crippen LogP contribution is -2.29. The van der Waals surface area contributed by atoms with Crippen LogP contribution >= 0.6 is 0 Å². The van der Waals surface area contributed by atoms with Crippen molar-refractivity contribution < 1.29 is 0 Å². The number of rotatable bonds is 2. The van der Waals surface area contributed by atoms with Gasteiger partial charge in [0.05, 0.1) is 0 Å².